The van der Waals surface area contributed by atoms with E-state index in [1.807, 2.05) is 24.5 Å². The van der Waals surface area contributed by atoms with Crippen LogP contribution in [0.25, 0.3) is 0 Å². The zero-order chi connectivity index (χ0) is 16.5. The molecule has 1 aliphatic rings. The first-order valence-corrected chi connectivity index (χ1v) is 9.88. The number of nitrogens with zero attached hydrogens (tertiary/aromatic N) is 3. The maximum Gasteiger partial charge on any atom is 0.243 e. The van der Waals surface area contributed by atoms with E-state index in [1.54, 1.807) is 0 Å². The van der Waals surface area contributed by atoms with Crippen LogP contribution in [0, 0.1) is 0 Å². The van der Waals surface area contributed by atoms with Crippen LogP contribution in [0.3, 0.4) is 0 Å². The van der Waals surface area contributed by atoms with Crippen molar-refractivity contribution in [2.75, 3.05) is 12.0 Å². The molecule has 0 bridgehead atoms. The lowest BCUT2D eigenvalue weighted by Crippen LogP contribution is -2.32. The number of aromatic nitrogens is 3. The van der Waals surface area contributed by atoms with E-state index in [9.17, 15) is 8.42 Å². The van der Waals surface area contributed by atoms with Gasteiger partial charge in [0.2, 0.25) is 5.89 Å². The molecule has 0 spiro atoms. The van der Waals surface area contributed by atoms with Crippen LogP contribution in [0.2, 0.25) is 0 Å². The zero-order valence-electron chi connectivity index (χ0n) is 13.2. The zero-order valence-corrected chi connectivity index (χ0v) is 14.0. The fraction of sp³-hybridized carbons (Fsp3) is 0.600. The summed E-state index contributed by atoms with van der Waals surface area (Å²) in [7, 11) is -3.06. The van der Waals surface area contributed by atoms with Gasteiger partial charge in [0, 0.05) is 18.6 Å². The Morgan fingerprint density at radius 3 is 2.61 bits per heavy atom. The molecule has 0 amide bonds. The van der Waals surface area contributed by atoms with Gasteiger partial charge in [0.25, 0.3) is 0 Å². The highest BCUT2D eigenvalue weighted by molar-refractivity contribution is 7.90. The van der Waals surface area contributed by atoms with Crippen LogP contribution in [0.5, 0.6) is 0 Å². The van der Waals surface area contributed by atoms with Crippen molar-refractivity contribution in [3.63, 3.8) is 0 Å². The van der Waals surface area contributed by atoms with E-state index in [0.29, 0.717) is 11.7 Å². The second-order valence-electron chi connectivity index (χ2n) is 6.31. The van der Waals surface area contributed by atoms with Crippen molar-refractivity contribution in [2.24, 2.45) is 5.73 Å². The quantitative estimate of drug-likeness (QED) is 0.858. The van der Waals surface area contributed by atoms with Gasteiger partial charge in [-0.2, -0.15) is 4.98 Å². The minimum atomic E-state index is -3.06. The molecule has 1 fully saturated rings. The Kier molecular flexibility index (Phi) is 4.29. The van der Waals surface area contributed by atoms with Crippen LogP contribution in [-0.2, 0) is 15.4 Å². The Bertz CT molecular complexity index is 746. The van der Waals surface area contributed by atoms with E-state index < -0.39 is 15.9 Å². The number of hydrogen-bond donors (Lipinski definition) is 1. The summed E-state index contributed by atoms with van der Waals surface area (Å²) in [5.41, 5.74) is 5.73. The van der Waals surface area contributed by atoms with Gasteiger partial charge in [-0.25, -0.2) is 8.42 Å². The molecule has 0 radical (unpaired) electrons. The van der Waals surface area contributed by atoms with Crippen molar-refractivity contribution >= 4 is 9.84 Å². The van der Waals surface area contributed by atoms with Crippen LogP contribution >= 0.6 is 0 Å². The molecule has 1 aliphatic carbocycles. The highest BCUT2D eigenvalue weighted by Gasteiger charge is 2.41. The average molecular weight is 338 g/mol. The van der Waals surface area contributed by atoms with Gasteiger partial charge in [-0.3, -0.25) is 0 Å². The van der Waals surface area contributed by atoms with Crippen molar-refractivity contribution < 1.29 is 12.9 Å². The summed E-state index contributed by atoms with van der Waals surface area (Å²) in [6, 6.07) is 3.41. The number of nitrogens with two attached hydrogens (primary N) is 1. The molecule has 1 atom stereocenters. The van der Waals surface area contributed by atoms with Crippen molar-refractivity contribution in [3.8, 4) is 0 Å². The lowest BCUT2D eigenvalue weighted by Gasteiger charge is -2.27. The molecule has 126 valence electrons. The molecule has 2 heterocycles. The van der Waals surface area contributed by atoms with Gasteiger partial charge in [-0.05, 0) is 31.4 Å². The van der Waals surface area contributed by atoms with Crippen LogP contribution < -0.4 is 5.73 Å². The normalized spacial score (nSPS) is 19.0. The third-order valence-electron chi connectivity index (χ3n) is 4.50. The molecular weight excluding hydrogens is 316 g/mol. The lowest BCUT2D eigenvalue weighted by molar-refractivity contribution is 0.307. The third kappa shape index (κ3) is 3.32. The summed E-state index contributed by atoms with van der Waals surface area (Å²) >= 11 is 0. The molecule has 2 aromatic heterocycles. The van der Waals surface area contributed by atoms with Crippen LogP contribution in [0.4, 0.5) is 0 Å². The van der Waals surface area contributed by atoms with E-state index >= 15 is 0 Å². The molecule has 0 aliphatic heterocycles. The Morgan fingerprint density at radius 1 is 1.35 bits per heavy atom. The molecule has 0 saturated heterocycles. The van der Waals surface area contributed by atoms with Crippen molar-refractivity contribution in [1.82, 2.24) is 14.7 Å². The Hall–Kier alpha value is -1.67. The molecule has 2 aromatic rings. The van der Waals surface area contributed by atoms with Gasteiger partial charge < -0.3 is 14.8 Å². The van der Waals surface area contributed by atoms with E-state index in [1.165, 1.54) is 6.26 Å². The fourth-order valence-corrected chi connectivity index (χ4v) is 3.90. The Morgan fingerprint density at radius 2 is 2.00 bits per heavy atom. The largest absolute Gasteiger partial charge is 0.341 e. The molecule has 8 heteroatoms. The van der Waals surface area contributed by atoms with Crippen LogP contribution in [-0.4, -0.2) is 35.1 Å². The number of sulfone groups is 1. The first kappa shape index (κ1) is 16.2. The van der Waals surface area contributed by atoms with E-state index in [2.05, 4.69) is 14.7 Å². The highest BCUT2D eigenvalue weighted by Crippen LogP contribution is 2.41. The summed E-state index contributed by atoms with van der Waals surface area (Å²) in [6.45, 7) is 0. The van der Waals surface area contributed by atoms with Crippen molar-refractivity contribution in [1.29, 1.82) is 0 Å². The smallest absolute Gasteiger partial charge is 0.243 e. The van der Waals surface area contributed by atoms with E-state index in [0.717, 1.165) is 25.7 Å². The highest BCUT2D eigenvalue weighted by atomic mass is 32.2. The SMILES string of the molecule is CS(=O)(=O)CC[C@H](N)c1nc(C2(n3cccc3)CCCC2)no1. The van der Waals surface area contributed by atoms with E-state index in [-0.39, 0.29) is 17.7 Å². The molecular formula is C15H22N4O3S. The van der Waals surface area contributed by atoms with Gasteiger partial charge in [0.1, 0.15) is 15.4 Å². The standard InChI is InChI=1S/C15H22N4O3S/c1-23(20,21)11-6-12(16)13-17-14(18-22-13)15(7-2-3-8-15)19-9-4-5-10-19/h4-5,9-10,12H,2-3,6-8,11,16H2,1H3/t12-/m0/s1. The summed E-state index contributed by atoms with van der Waals surface area (Å²) in [5, 5.41) is 4.16. The molecule has 23 heavy (non-hydrogen) atoms. The molecule has 2 N–H and O–H groups in total. The molecule has 0 aromatic carbocycles. The summed E-state index contributed by atoms with van der Waals surface area (Å²) in [5.74, 6) is 0.951. The maximum atomic E-state index is 11.3. The monoisotopic (exact) mass is 338 g/mol. The number of hydrogen-bond acceptors (Lipinski definition) is 6. The fourth-order valence-electron chi connectivity index (χ4n) is 3.22. The second kappa shape index (κ2) is 6.09. The van der Waals surface area contributed by atoms with Crippen molar-refractivity contribution in [2.45, 2.75) is 43.7 Å². The first-order valence-electron chi connectivity index (χ1n) is 7.82. The van der Waals surface area contributed by atoms with Crippen LogP contribution in [0.1, 0.15) is 49.9 Å². The average Bonchev–Trinajstić information content (AvgIpc) is 3.23. The van der Waals surface area contributed by atoms with Gasteiger partial charge in [0.15, 0.2) is 5.82 Å². The molecule has 0 unspecified atom stereocenters. The second-order valence-corrected chi connectivity index (χ2v) is 8.57. The maximum absolute atomic E-state index is 11.3. The predicted molar refractivity (Wildman–Crippen MR) is 85.5 cm³/mol. The summed E-state index contributed by atoms with van der Waals surface area (Å²) in [4.78, 5) is 4.50. The summed E-state index contributed by atoms with van der Waals surface area (Å²) in [6.07, 6.45) is 9.65. The Labute approximate surface area is 135 Å². The van der Waals surface area contributed by atoms with Crippen LogP contribution in [0.15, 0.2) is 29.0 Å². The predicted octanol–water partition coefficient (Wildman–Crippen LogP) is 1.62. The van der Waals surface area contributed by atoms with Crippen molar-refractivity contribution in [3.05, 3.63) is 36.2 Å². The van der Waals surface area contributed by atoms with E-state index in [4.69, 9.17) is 10.3 Å². The molecule has 7 nitrogen and oxygen atoms in total. The first-order chi connectivity index (χ1) is 10.9. The minimum absolute atomic E-state index is 0.00855. The van der Waals surface area contributed by atoms with Gasteiger partial charge in [0.05, 0.1) is 11.8 Å². The Balaban J connectivity index is 1.83. The van der Waals surface area contributed by atoms with Gasteiger partial charge in [-0.15, -0.1) is 0 Å². The summed E-state index contributed by atoms with van der Waals surface area (Å²) < 4.78 is 30.0. The minimum Gasteiger partial charge on any atom is -0.341 e. The number of rotatable bonds is 6. The molecule has 1 saturated carbocycles. The topological polar surface area (TPSA) is 104 Å². The molecule has 3 rings (SSSR count). The third-order valence-corrected chi connectivity index (χ3v) is 5.48. The van der Waals surface area contributed by atoms with Gasteiger partial charge >= 0.3 is 0 Å². The lowest BCUT2D eigenvalue weighted by atomic mass is 9.96. The van der Waals surface area contributed by atoms with Gasteiger partial charge in [-0.1, -0.05) is 18.0 Å².